The molecule has 1 aromatic rings. The molecule has 0 saturated carbocycles. The molecule has 1 atom stereocenters. The minimum atomic E-state index is -0.888. The van der Waals surface area contributed by atoms with Crippen molar-refractivity contribution in [3.63, 3.8) is 0 Å². The number of aromatic nitrogens is 1. The molecule has 0 fully saturated rings. The lowest BCUT2D eigenvalue weighted by atomic mass is 10.2. The summed E-state index contributed by atoms with van der Waals surface area (Å²) in [6.07, 6.45) is 2.04. The van der Waals surface area contributed by atoms with Crippen LogP contribution in [-0.4, -0.2) is 21.8 Å². The third-order valence-electron chi connectivity index (χ3n) is 1.28. The predicted octanol–water partition coefficient (Wildman–Crippen LogP) is 0.761. The first-order chi connectivity index (χ1) is 5.24. The van der Waals surface area contributed by atoms with E-state index in [1.807, 2.05) is 0 Å². The largest absolute Gasteiger partial charge is 0.393 e. The highest BCUT2D eigenvalue weighted by molar-refractivity contribution is 6.30. The molecule has 0 aliphatic carbocycles. The van der Waals surface area contributed by atoms with Crippen molar-refractivity contribution in [2.24, 2.45) is 0 Å². The van der Waals surface area contributed by atoms with Gasteiger partial charge in [-0.1, -0.05) is 11.6 Å². The van der Waals surface area contributed by atoms with Crippen LogP contribution in [0.1, 0.15) is 11.7 Å². The van der Waals surface area contributed by atoms with E-state index in [9.17, 15) is 0 Å². The van der Waals surface area contributed by atoms with Crippen LogP contribution in [0.5, 0.6) is 0 Å². The summed E-state index contributed by atoms with van der Waals surface area (Å²) in [4.78, 5) is 3.75. The molecule has 4 heteroatoms. The smallest absolute Gasteiger partial charge is 0.104 e. The second kappa shape index (κ2) is 3.67. The lowest BCUT2D eigenvalue weighted by Crippen LogP contribution is -2.02. The Hall–Kier alpha value is -0.640. The van der Waals surface area contributed by atoms with Crippen molar-refractivity contribution < 1.29 is 10.2 Å². The van der Waals surface area contributed by atoms with Crippen LogP contribution >= 0.6 is 11.6 Å². The number of hydrogen-bond donors (Lipinski definition) is 2. The zero-order chi connectivity index (χ0) is 8.27. The Morgan fingerprint density at radius 1 is 1.55 bits per heavy atom. The van der Waals surface area contributed by atoms with Gasteiger partial charge in [-0.2, -0.15) is 0 Å². The van der Waals surface area contributed by atoms with E-state index in [-0.39, 0.29) is 6.61 Å². The topological polar surface area (TPSA) is 53.4 Å². The molecule has 0 aromatic carbocycles. The normalized spacial score (nSPS) is 13.0. The Kier molecular flexibility index (Phi) is 2.82. The molecule has 11 heavy (non-hydrogen) atoms. The molecule has 0 amide bonds. The Balaban J connectivity index is 2.86. The summed E-state index contributed by atoms with van der Waals surface area (Å²) < 4.78 is 0. The van der Waals surface area contributed by atoms with E-state index in [2.05, 4.69) is 4.98 Å². The number of aliphatic hydroxyl groups excluding tert-OH is 2. The van der Waals surface area contributed by atoms with E-state index in [4.69, 9.17) is 21.8 Å². The zero-order valence-corrected chi connectivity index (χ0v) is 6.49. The van der Waals surface area contributed by atoms with Crippen LogP contribution in [0.25, 0.3) is 0 Å². The van der Waals surface area contributed by atoms with Gasteiger partial charge >= 0.3 is 0 Å². The second-order valence-corrected chi connectivity index (χ2v) is 2.57. The standard InChI is InChI=1S/C7H8ClNO2/c8-6-1-5(2-9-3-6)7(11)4-10/h1-3,7,10-11H,4H2. The van der Waals surface area contributed by atoms with Crippen molar-refractivity contribution in [1.82, 2.24) is 4.98 Å². The summed E-state index contributed by atoms with van der Waals surface area (Å²) in [6, 6.07) is 1.56. The van der Waals surface area contributed by atoms with Gasteiger partial charge in [0, 0.05) is 18.0 Å². The Morgan fingerprint density at radius 2 is 2.27 bits per heavy atom. The first-order valence-corrected chi connectivity index (χ1v) is 3.51. The quantitative estimate of drug-likeness (QED) is 0.695. The highest BCUT2D eigenvalue weighted by Gasteiger charge is 2.05. The second-order valence-electron chi connectivity index (χ2n) is 2.13. The fraction of sp³-hybridized carbons (Fsp3) is 0.286. The molecule has 1 heterocycles. The first kappa shape index (κ1) is 8.46. The maximum atomic E-state index is 9.11. The minimum Gasteiger partial charge on any atom is -0.393 e. The average Bonchev–Trinajstić information content (AvgIpc) is 2.03. The molecule has 0 aliphatic rings. The van der Waals surface area contributed by atoms with Crippen LogP contribution in [-0.2, 0) is 0 Å². The van der Waals surface area contributed by atoms with Gasteiger partial charge in [0.05, 0.1) is 11.6 Å². The fourth-order valence-corrected chi connectivity index (χ4v) is 0.898. The van der Waals surface area contributed by atoms with Crippen LogP contribution in [0.2, 0.25) is 5.02 Å². The van der Waals surface area contributed by atoms with E-state index in [0.29, 0.717) is 10.6 Å². The number of hydrogen-bond acceptors (Lipinski definition) is 3. The molecule has 0 aliphatic heterocycles. The summed E-state index contributed by atoms with van der Waals surface area (Å²) in [6.45, 7) is -0.317. The molecular weight excluding hydrogens is 166 g/mol. The Bertz CT molecular complexity index is 242. The third kappa shape index (κ3) is 2.15. The maximum Gasteiger partial charge on any atom is 0.104 e. The van der Waals surface area contributed by atoms with Crippen molar-refractivity contribution in [3.05, 3.63) is 29.0 Å². The van der Waals surface area contributed by atoms with Crippen LogP contribution in [0, 0.1) is 0 Å². The van der Waals surface area contributed by atoms with Gasteiger partial charge in [0.1, 0.15) is 6.10 Å². The summed E-state index contributed by atoms with van der Waals surface area (Å²) in [5.74, 6) is 0. The molecule has 1 unspecified atom stereocenters. The first-order valence-electron chi connectivity index (χ1n) is 3.13. The average molecular weight is 174 g/mol. The molecule has 0 bridgehead atoms. The number of halogens is 1. The molecule has 2 N–H and O–H groups in total. The molecule has 0 saturated heterocycles. The zero-order valence-electron chi connectivity index (χ0n) is 5.74. The van der Waals surface area contributed by atoms with Gasteiger partial charge < -0.3 is 10.2 Å². The molecule has 3 nitrogen and oxygen atoms in total. The lowest BCUT2D eigenvalue weighted by molar-refractivity contribution is 0.0953. The fourth-order valence-electron chi connectivity index (χ4n) is 0.716. The lowest BCUT2D eigenvalue weighted by Gasteiger charge is -2.05. The van der Waals surface area contributed by atoms with Crippen molar-refractivity contribution in [3.8, 4) is 0 Å². The van der Waals surface area contributed by atoms with E-state index in [1.54, 1.807) is 6.07 Å². The SMILES string of the molecule is OCC(O)c1cncc(Cl)c1. The summed E-state index contributed by atoms with van der Waals surface area (Å²) in [7, 11) is 0. The number of nitrogens with zero attached hydrogens (tertiary/aromatic N) is 1. The van der Waals surface area contributed by atoms with Gasteiger partial charge in [-0.15, -0.1) is 0 Å². The van der Waals surface area contributed by atoms with E-state index in [0.717, 1.165) is 0 Å². The van der Waals surface area contributed by atoms with Gasteiger partial charge in [0.25, 0.3) is 0 Å². The van der Waals surface area contributed by atoms with E-state index < -0.39 is 6.10 Å². The van der Waals surface area contributed by atoms with Gasteiger partial charge in [-0.25, -0.2) is 0 Å². The van der Waals surface area contributed by atoms with Gasteiger partial charge in [-0.3, -0.25) is 4.98 Å². The van der Waals surface area contributed by atoms with Crippen LogP contribution in [0.15, 0.2) is 18.5 Å². The summed E-state index contributed by atoms with van der Waals surface area (Å²) in [5.41, 5.74) is 0.528. The highest BCUT2D eigenvalue weighted by atomic mass is 35.5. The van der Waals surface area contributed by atoms with Gasteiger partial charge in [0.15, 0.2) is 0 Å². The Morgan fingerprint density at radius 3 is 2.82 bits per heavy atom. The molecular formula is C7H8ClNO2. The van der Waals surface area contributed by atoms with E-state index in [1.165, 1.54) is 12.4 Å². The van der Waals surface area contributed by atoms with Crippen LogP contribution in [0.4, 0.5) is 0 Å². The van der Waals surface area contributed by atoms with Crippen LogP contribution in [0.3, 0.4) is 0 Å². The van der Waals surface area contributed by atoms with E-state index >= 15 is 0 Å². The highest BCUT2D eigenvalue weighted by Crippen LogP contribution is 2.14. The number of aliphatic hydroxyl groups is 2. The summed E-state index contributed by atoms with van der Waals surface area (Å²) in [5, 5.41) is 18.1. The molecule has 60 valence electrons. The van der Waals surface area contributed by atoms with Gasteiger partial charge in [-0.05, 0) is 6.07 Å². The molecule has 1 rings (SSSR count). The number of pyridine rings is 1. The van der Waals surface area contributed by atoms with Crippen molar-refractivity contribution >= 4 is 11.6 Å². The minimum absolute atomic E-state index is 0.317. The third-order valence-corrected chi connectivity index (χ3v) is 1.49. The maximum absolute atomic E-state index is 9.11. The summed E-state index contributed by atoms with van der Waals surface area (Å²) >= 11 is 5.59. The Labute approximate surface area is 69.3 Å². The monoisotopic (exact) mass is 173 g/mol. The van der Waals surface area contributed by atoms with Crippen molar-refractivity contribution in [2.75, 3.05) is 6.61 Å². The molecule has 0 spiro atoms. The van der Waals surface area contributed by atoms with Crippen molar-refractivity contribution in [1.29, 1.82) is 0 Å². The van der Waals surface area contributed by atoms with Gasteiger partial charge in [0.2, 0.25) is 0 Å². The van der Waals surface area contributed by atoms with Crippen LogP contribution < -0.4 is 0 Å². The molecule has 1 aromatic heterocycles. The predicted molar refractivity (Wildman–Crippen MR) is 41.3 cm³/mol. The number of rotatable bonds is 2. The molecule has 0 radical (unpaired) electrons. The van der Waals surface area contributed by atoms with Crippen molar-refractivity contribution in [2.45, 2.75) is 6.10 Å².